The van der Waals surface area contributed by atoms with Crippen LogP contribution in [0.15, 0.2) is 76.8 Å². The van der Waals surface area contributed by atoms with Crippen molar-refractivity contribution < 1.29 is 8.78 Å². The zero-order valence-electron chi connectivity index (χ0n) is 23.1. The number of rotatable bonds is 4. The zero-order valence-corrected chi connectivity index (χ0v) is 25.2. The summed E-state index contributed by atoms with van der Waals surface area (Å²) in [6.07, 6.45) is 1.70. The highest BCUT2D eigenvalue weighted by Crippen LogP contribution is 2.34. The van der Waals surface area contributed by atoms with Crippen LogP contribution >= 0.6 is 22.6 Å². The van der Waals surface area contributed by atoms with Gasteiger partial charge in [0.05, 0.1) is 29.2 Å². The molecular formula is C31H29F2IN8. The number of fused-ring (bicyclic) bond motifs is 3. The fourth-order valence-electron chi connectivity index (χ4n) is 5.42. The van der Waals surface area contributed by atoms with Gasteiger partial charge in [0, 0.05) is 57.3 Å². The van der Waals surface area contributed by atoms with Gasteiger partial charge in [0.25, 0.3) is 0 Å². The van der Waals surface area contributed by atoms with Gasteiger partial charge in [-0.05, 0) is 78.9 Å². The van der Waals surface area contributed by atoms with Gasteiger partial charge in [0.1, 0.15) is 11.6 Å². The van der Waals surface area contributed by atoms with E-state index in [-0.39, 0.29) is 17.8 Å². The van der Waals surface area contributed by atoms with E-state index >= 15 is 0 Å². The highest BCUT2D eigenvalue weighted by molar-refractivity contribution is 14.1. The van der Waals surface area contributed by atoms with Crippen molar-refractivity contribution >= 4 is 51.6 Å². The van der Waals surface area contributed by atoms with Crippen LogP contribution in [0.2, 0.25) is 0 Å². The molecule has 0 radical (unpaired) electrons. The Labute approximate surface area is 256 Å². The van der Waals surface area contributed by atoms with Crippen LogP contribution in [-0.4, -0.2) is 51.7 Å². The molecule has 2 aliphatic heterocycles. The van der Waals surface area contributed by atoms with Crippen molar-refractivity contribution in [1.29, 1.82) is 0 Å². The third-order valence-corrected chi connectivity index (χ3v) is 7.86. The predicted octanol–water partition coefficient (Wildman–Crippen LogP) is 5.75. The largest absolute Gasteiger partial charge is 0.369 e. The lowest BCUT2D eigenvalue weighted by Crippen LogP contribution is -2.57. The van der Waals surface area contributed by atoms with Crippen molar-refractivity contribution in [2.24, 2.45) is 15.7 Å². The molecule has 0 bridgehead atoms. The summed E-state index contributed by atoms with van der Waals surface area (Å²) in [4.78, 5) is 20.7. The normalized spacial score (nSPS) is 18.5. The van der Waals surface area contributed by atoms with E-state index in [9.17, 15) is 8.78 Å². The van der Waals surface area contributed by atoms with Crippen LogP contribution in [0.1, 0.15) is 30.5 Å². The van der Waals surface area contributed by atoms with E-state index in [1.165, 1.54) is 18.2 Å². The number of nitrogens with zero attached hydrogens (tertiary/aromatic N) is 5. The first-order chi connectivity index (χ1) is 20.2. The lowest BCUT2D eigenvalue weighted by atomic mass is 9.95. The van der Waals surface area contributed by atoms with Gasteiger partial charge in [-0.1, -0.05) is 18.2 Å². The Morgan fingerprint density at radius 1 is 1.02 bits per heavy atom. The number of aromatic nitrogens is 2. The standard InChI is InChI=1S/C31H29F2IN8/c1-17-15-42(16-18(2)38-17)30(35)39-21-5-3-6-22(12-21)40-31-37-14-19-13-36-29(27-25(32)7-4-8-26(27)33)24-11-20(34)9-10-23(24)28(19)41-31/h3-12,14,17-18,38H,13,15-16H2,1-2H3,(H2,35,39)(H,37,40,41). The van der Waals surface area contributed by atoms with Gasteiger partial charge in [0.15, 0.2) is 5.96 Å². The number of benzene rings is 3. The number of hydrogen-bond donors (Lipinski definition) is 3. The van der Waals surface area contributed by atoms with Crippen LogP contribution in [-0.2, 0) is 6.54 Å². The van der Waals surface area contributed by atoms with Crippen LogP contribution in [0, 0.1) is 15.2 Å². The summed E-state index contributed by atoms with van der Waals surface area (Å²) >= 11 is 2.18. The van der Waals surface area contributed by atoms with Crippen molar-refractivity contribution in [2.45, 2.75) is 32.5 Å². The zero-order chi connectivity index (χ0) is 29.4. The quantitative estimate of drug-likeness (QED) is 0.144. The Morgan fingerprint density at radius 3 is 2.52 bits per heavy atom. The molecule has 0 spiro atoms. The molecule has 2 atom stereocenters. The summed E-state index contributed by atoms with van der Waals surface area (Å²) in [6, 6.07) is 17.8. The molecule has 1 aromatic heterocycles. The fourth-order valence-corrected chi connectivity index (χ4v) is 5.91. The van der Waals surface area contributed by atoms with Crippen LogP contribution in [0.5, 0.6) is 0 Å². The number of nitrogens with one attached hydrogen (secondary N) is 2. The van der Waals surface area contributed by atoms with Crippen molar-refractivity contribution in [1.82, 2.24) is 20.2 Å². The number of halogens is 3. The van der Waals surface area contributed by atoms with E-state index < -0.39 is 11.6 Å². The number of anilines is 2. The highest BCUT2D eigenvalue weighted by atomic mass is 127. The summed E-state index contributed by atoms with van der Waals surface area (Å²) in [7, 11) is 0. The molecule has 11 heteroatoms. The van der Waals surface area contributed by atoms with Gasteiger partial charge in [-0.3, -0.25) is 4.99 Å². The summed E-state index contributed by atoms with van der Waals surface area (Å²) < 4.78 is 30.6. The maximum absolute atomic E-state index is 14.9. The Kier molecular flexibility index (Phi) is 7.86. The molecule has 6 rings (SSSR count). The van der Waals surface area contributed by atoms with E-state index in [2.05, 4.69) is 66.9 Å². The second kappa shape index (κ2) is 11.7. The fraction of sp³-hybridized carbons (Fsp3) is 0.226. The van der Waals surface area contributed by atoms with Crippen LogP contribution < -0.4 is 16.4 Å². The number of piperazine rings is 1. The number of guanidine groups is 1. The molecule has 8 nitrogen and oxygen atoms in total. The molecule has 0 saturated carbocycles. The first-order valence-corrected chi connectivity index (χ1v) is 14.7. The second-order valence-corrected chi connectivity index (χ2v) is 11.8. The van der Waals surface area contributed by atoms with E-state index in [0.29, 0.717) is 40.9 Å². The van der Waals surface area contributed by atoms with E-state index in [4.69, 9.17) is 10.7 Å². The van der Waals surface area contributed by atoms with Gasteiger partial charge in [-0.25, -0.2) is 23.7 Å². The van der Waals surface area contributed by atoms with Gasteiger partial charge < -0.3 is 21.3 Å². The lowest BCUT2D eigenvalue weighted by Gasteiger charge is -2.36. The average Bonchev–Trinajstić information content (AvgIpc) is 3.09. The number of nitrogens with two attached hydrogens (primary N) is 1. The molecule has 0 amide bonds. The van der Waals surface area contributed by atoms with Gasteiger partial charge in [0.2, 0.25) is 5.95 Å². The Hall–Kier alpha value is -3.97. The lowest BCUT2D eigenvalue weighted by molar-refractivity contribution is 0.253. The Morgan fingerprint density at radius 2 is 1.76 bits per heavy atom. The molecule has 4 aromatic rings. The maximum Gasteiger partial charge on any atom is 0.227 e. The average molecular weight is 679 g/mol. The molecule has 3 heterocycles. The van der Waals surface area contributed by atoms with E-state index in [1.807, 2.05) is 42.5 Å². The predicted molar refractivity (Wildman–Crippen MR) is 171 cm³/mol. The first-order valence-electron chi connectivity index (χ1n) is 13.6. The molecule has 2 unspecified atom stereocenters. The third kappa shape index (κ3) is 5.84. The van der Waals surface area contributed by atoms with Crippen molar-refractivity contribution in [3.63, 3.8) is 0 Å². The van der Waals surface area contributed by atoms with Crippen LogP contribution in [0.25, 0.3) is 11.3 Å². The molecule has 1 saturated heterocycles. The molecule has 2 aliphatic rings. The Bertz CT molecular complexity index is 1690. The minimum absolute atomic E-state index is 0.152. The number of aliphatic imine (C=N–C) groups is 2. The smallest absolute Gasteiger partial charge is 0.227 e. The molecule has 214 valence electrons. The molecule has 42 heavy (non-hydrogen) atoms. The summed E-state index contributed by atoms with van der Waals surface area (Å²) in [6.45, 7) is 6.01. The molecule has 1 fully saturated rings. The minimum Gasteiger partial charge on any atom is -0.369 e. The van der Waals surface area contributed by atoms with Crippen LogP contribution in [0.4, 0.5) is 26.1 Å². The second-order valence-electron chi connectivity index (χ2n) is 10.5. The molecular weight excluding hydrogens is 649 g/mol. The third-order valence-electron chi connectivity index (χ3n) is 7.19. The molecule has 0 aliphatic carbocycles. The SMILES string of the molecule is CC1CN(C(N)=Nc2cccc(Nc3ncc4c(n3)-c3ccc(I)cc3C(c3c(F)cccc3F)=NC4)c2)CC(C)N1. The highest BCUT2D eigenvalue weighted by Gasteiger charge is 2.25. The Balaban J connectivity index is 1.31. The molecule has 3 aromatic carbocycles. The topological polar surface area (TPSA) is 104 Å². The monoisotopic (exact) mass is 678 g/mol. The summed E-state index contributed by atoms with van der Waals surface area (Å²) in [5.74, 6) is -0.483. The van der Waals surface area contributed by atoms with Gasteiger partial charge >= 0.3 is 0 Å². The minimum atomic E-state index is -0.665. The van der Waals surface area contributed by atoms with Crippen molar-refractivity contribution in [2.75, 3.05) is 18.4 Å². The first kappa shape index (κ1) is 28.2. The van der Waals surface area contributed by atoms with Gasteiger partial charge in [-0.2, -0.15) is 0 Å². The summed E-state index contributed by atoms with van der Waals surface area (Å²) in [5, 5.41) is 6.77. The maximum atomic E-state index is 14.9. The number of hydrogen-bond acceptors (Lipinski definition) is 6. The van der Waals surface area contributed by atoms with Crippen molar-refractivity contribution in [3.05, 3.63) is 98.8 Å². The van der Waals surface area contributed by atoms with Crippen molar-refractivity contribution in [3.8, 4) is 11.3 Å². The summed E-state index contributed by atoms with van der Waals surface area (Å²) in [5.41, 5.74) is 10.6. The van der Waals surface area contributed by atoms with E-state index in [1.54, 1.807) is 6.20 Å². The van der Waals surface area contributed by atoms with E-state index in [0.717, 1.165) is 33.5 Å². The molecule has 4 N–H and O–H groups in total. The van der Waals surface area contributed by atoms with Gasteiger partial charge in [-0.15, -0.1) is 0 Å². The van der Waals surface area contributed by atoms with Crippen LogP contribution in [0.3, 0.4) is 0 Å².